The van der Waals surface area contributed by atoms with Gasteiger partial charge in [0.05, 0.1) is 8.66 Å². The van der Waals surface area contributed by atoms with Gasteiger partial charge in [0.15, 0.2) is 0 Å². The van der Waals surface area contributed by atoms with Crippen LogP contribution < -0.4 is 5.32 Å². The lowest BCUT2D eigenvalue weighted by molar-refractivity contribution is 0.0955. The largest absolute Gasteiger partial charge is 0.347 e. The fraction of sp³-hybridized carbons (Fsp3) is 0.154. The number of hydrogen-bond acceptors (Lipinski definition) is 2. The van der Waals surface area contributed by atoms with Crippen LogP contribution in [0.2, 0.25) is 0 Å². The molecule has 0 radical (unpaired) electrons. The van der Waals surface area contributed by atoms with E-state index in [4.69, 9.17) is 0 Å². The molecule has 0 unspecified atom stereocenters. The highest BCUT2D eigenvalue weighted by Crippen LogP contribution is 2.32. The third kappa shape index (κ3) is 4.15. The van der Waals surface area contributed by atoms with Crippen molar-refractivity contribution in [2.45, 2.75) is 11.9 Å². The van der Waals surface area contributed by atoms with Gasteiger partial charge in [-0.1, -0.05) is 40.2 Å². The summed E-state index contributed by atoms with van der Waals surface area (Å²) in [4.78, 5) is 12.7. The molecule has 0 atom stereocenters. The van der Waals surface area contributed by atoms with Crippen molar-refractivity contribution < 1.29 is 4.79 Å². The molecule has 0 aliphatic carbocycles. The molecule has 1 aromatic heterocycles. The van der Waals surface area contributed by atoms with Gasteiger partial charge in [-0.2, -0.15) is 0 Å². The molecule has 2 aromatic rings. The van der Waals surface area contributed by atoms with Gasteiger partial charge in [-0.25, -0.2) is 0 Å². The maximum atomic E-state index is 12.0. The van der Waals surface area contributed by atoms with E-state index in [2.05, 4.69) is 59.2 Å². The van der Waals surface area contributed by atoms with E-state index in [9.17, 15) is 4.79 Å². The van der Waals surface area contributed by atoms with Gasteiger partial charge in [-0.15, -0.1) is 11.3 Å². The predicted molar refractivity (Wildman–Crippen MR) is 90.0 cm³/mol. The van der Waals surface area contributed by atoms with Crippen LogP contribution in [0, 0.1) is 0 Å². The first-order valence-electron chi connectivity index (χ1n) is 5.47. The lowest BCUT2D eigenvalue weighted by Gasteiger charge is -2.05. The highest BCUT2D eigenvalue weighted by molar-refractivity contribution is 9.13. The van der Waals surface area contributed by atoms with Crippen LogP contribution in [0.5, 0.6) is 0 Å². The molecule has 1 aromatic carbocycles. The van der Waals surface area contributed by atoms with E-state index in [1.165, 1.54) is 16.9 Å². The number of thiophene rings is 1. The third-order valence-corrected chi connectivity index (χ3v) is 6.37. The Hall–Kier alpha value is -0.170. The monoisotopic (exact) mass is 465 g/mol. The Kier molecular flexibility index (Phi) is 5.62. The summed E-state index contributed by atoms with van der Waals surface area (Å²) in [5.74, 6) is -0.0550. The number of carbonyl (C=O) groups excluding carboxylic acids is 1. The molecule has 0 aliphatic heterocycles. The lowest BCUT2D eigenvalue weighted by atomic mass is 10.1. The van der Waals surface area contributed by atoms with E-state index in [-0.39, 0.29) is 5.91 Å². The zero-order chi connectivity index (χ0) is 13.8. The Bertz CT molecular complexity index is 578. The van der Waals surface area contributed by atoms with Crippen LogP contribution in [0.4, 0.5) is 0 Å². The van der Waals surface area contributed by atoms with Crippen LogP contribution >= 0.6 is 59.1 Å². The average Bonchev–Trinajstić information content (AvgIpc) is 2.76. The SMILES string of the molecule is O=C(NCc1cccc(CBr)c1)c1cc(Br)c(Br)s1. The summed E-state index contributed by atoms with van der Waals surface area (Å²) in [5.41, 5.74) is 2.30. The molecule has 0 aliphatic rings. The summed E-state index contributed by atoms with van der Waals surface area (Å²) in [5, 5.41) is 3.74. The summed E-state index contributed by atoms with van der Waals surface area (Å²) in [7, 11) is 0. The van der Waals surface area contributed by atoms with Crippen LogP contribution in [0.15, 0.2) is 38.6 Å². The van der Waals surface area contributed by atoms with Crippen molar-refractivity contribution in [1.82, 2.24) is 5.32 Å². The van der Waals surface area contributed by atoms with Crippen molar-refractivity contribution in [1.29, 1.82) is 0 Å². The molecular formula is C13H10Br3NOS. The molecule has 6 heteroatoms. The number of benzene rings is 1. The van der Waals surface area contributed by atoms with Crippen molar-refractivity contribution in [3.63, 3.8) is 0 Å². The van der Waals surface area contributed by atoms with Crippen LogP contribution in [-0.4, -0.2) is 5.91 Å². The second kappa shape index (κ2) is 7.02. The maximum absolute atomic E-state index is 12.0. The maximum Gasteiger partial charge on any atom is 0.261 e. The summed E-state index contributed by atoms with van der Waals surface area (Å²) < 4.78 is 1.84. The van der Waals surface area contributed by atoms with Crippen LogP contribution in [0.3, 0.4) is 0 Å². The summed E-state index contributed by atoms with van der Waals surface area (Å²) >= 11 is 11.6. The van der Waals surface area contributed by atoms with Gasteiger partial charge in [0.1, 0.15) is 0 Å². The van der Waals surface area contributed by atoms with E-state index in [0.717, 1.165) is 19.2 Å². The normalized spacial score (nSPS) is 10.5. The Balaban J connectivity index is 2.00. The van der Waals surface area contributed by atoms with Crippen molar-refractivity contribution >= 4 is 65.0 Å². The minimum atomic E-state index is -0.0550. The number of hydrogen-bond donors (Lipinski definition) is 1. The van der Waals surface area contributed by atoms with E-state index >= 15 is 0 Å². The minimum Gasteiger partial charge on any atom is -0.347 e. The van der Waals surface area contributed by atoms with Gasteiger partial charge >= 0.3 is 0 Å². The Labute approximate surface area is 141 Å². The molecular weight excluding hydrogens is 458 g/mol. The van der Waals surface area contributed by atoms with E-state index in [0.29, 0.717) is 11.4 Å². The summed E-state index contributed by atoms with van der Waals surface area (Å²) in [6, 6.07) is 9.95. The van der Waals surface area contributed by atoms with E-state index < -0.39 is 0 Å². The van der Waals surface area contributed by atoms with Crippen molar-refractivity contribution in [2.75, 3.05) is 0 Å². The zero-order valence-electron chi connectivity index (χ0n) is 9.75. The molecule has 100 valence electrons. The quantitative estimate of drug-likeness (QED) is 0.623. The van der Waals surface area contributed by atoms with Crippen molar-refractivity contribution in [2.24, 2.45) is 0 Å². The smallest absolute Gasteiger partial charge is 0.261 e. The second-order valence-corrected chi connectivity index (χ2v) is 7.65. The fourth-order valence-electron chi connectivity index (χ4n) is 1.55. The molecule has 0 bridgehead atoms. The minimum absolute atomic E-state index is 0.0550. The van der Waals surface area contributed by atoms with Crippen LogP contribution in [0.25, 0.3) is 0 Å². The van der Waals surface area contributed by atoms with Gasteiger partial charge in [-0.05, 0) is 49.1 Å². The Morgan fingerprint density at radius 1 is 1.21 bits per heavy atom. The molecule has 0 fully saturated rings. The Morgan fingerprint density at radius 2 is 1.95 bits per heavy atom. The molecule has 1 N–H and O–H groups in total. The summed E-state index contributed by atoms with van der Waals surface area (Å²) in [6.07, 6.45) is 0. The van der Waals surface area contributed by atoms with Gasteiger partial charge in [0.25, 0.3) is 5.91 Å². The first-order valence-corrected chi connectivity index (χ1v) is 8.99. The number of amides is 1. The first kappa shape index (κ1) is 15.2. The second-order valence-electron chi connectivity index (χ2n) is 3.87. The fourth-order valence-corrected chi connectivity index (χ4v) is 3.85. The third-order valence-electron chi connectivity index (χ3n) is 2.47. The van der Waals surface area contributed by atoms with Crippen LogP contribution in [-0.2, 0) is 11.9 Å². The number of rotatable bonds is 4. The molecule has 2 rings (SSSR count). The van der Waals surface area contributed by atoms with E-state index in [1.807, 2.05) is 24.3 Å². The standard InChI is InChI=1S/C13H10Br3NOS/c14-6-8-2-1-3-9(4-8)7-17-13(18)11-5-10(15)12(16)19-11/h1-5H,6-7H2,(H,17,18). The molecule has 0 spiro atoms. The number of alkyl halides is 1. The molecule has 19 heavy (non-hydrogen) atoms. The summed E-state index contributed by atoms with van der Waals surface area (Å²) in [6.45, 7) is 0.535. The molecule has 2 nitrogen and oxygen atoms in total. The highest BCUT2D eigenvalue weighted by atomic mass is 79.9. The molecule has 0 saturated heterocycles. The Morgan fingerprint density at radius 3 is 2.58 bits per heavy atom. The van der Waals surface area contributed by atoms with Gasteiger partial charge in [-0.3, -0.25) is 4.79 Å². The number of nitrogens with one attached hydrogen (secondary N) is 1. The van der Waals surface area contributed by atoms with E-state index in [1.54, 1.807) is 0 Å². The number of halogens is 3. The molecule has 0 saturated carbocycles. The first-order chi connectivity index (χ1) is 9.10. The molecule has 1 heterocycles. The predicted octanol–water partition coefficient (Wildman–Crippen LogP) is 5.10. The van der Waals surface area contributed by atoms with Gasteiger partial charge in [0.2, 0.25) is 0 Å². The van der Waals surface area contributed by atoms with Crippen LogP contribution in [0.1, 0.15) is 20.8 Å². The van der Waals surface area contributed by atoms with Crippen molar-refractivity contribution in [3.8, 4) is 0 Å². The number of carbonyl (C=O) groups is 1. The van der Waals surface area contributed by atoms with Gasteiger partial charge in [0, 0.05) is 16.3 Å². The zero-order valence-corrected chi connectivity index (χ0v) is 15.3. The van der Waals surface area contributed by atoms with Crippen molar-refractivity contribution in [3.05, 3.63) is 54.6 Å². The van der Waals surface area contributed by atoms with Gasteiger partial charge < -0.3 is 5.32 Å². The average molecular weight is 468 g/mol. The highest BCUT2D eigenvalue weighted by Gasteiger charge is 2.11. The lowest BCUT2D eigenvalue weighted by Crippen LogP contribution is -2.21. The molecule has 1 amide bonds. The topological polar surface area (TPSA) is 29.1 Å².